The van der Waals surface area contributed by atoms with Crippen LogP contribution in [0.5, 0.6) is 0 Å². The lowest BCUT2D eigenvalue weighted by molar-refractivity contribution is -0.149. The van der Waals surface area contributed by atoms with Crippen LogP contribution < -0.4 is 0 Å². The van der Waals surface area contributed by atoms with Gasteiger partial charge in [0.15, 0.2) is 5.78 Å². The number of carbonyl (C=O) groups is 3. The van der Waals surface area contributed by atoms with E-state index in [1.54, 1.807) is 10.8 Å². The van der Waals surface area contributed by atoms with E-state index in [9.17, 15) is 19.5 Å². The summed E-state index contributed by atoms with van der Waals surface area (Å²) in [6.07, 6.45) is 3.15. The molecule has 1 aliphatic carbocycles. The van der Waals surface area contributed by atoms with Crippen molar-refractivity contribution in [1.82, 2.24) is 9.47 Å². The molecule has 0 radical (unpaired) electrons. The van der Waals surface area contributed by atoms with Gasteiger partial charge in [0, 0.05) is 28.7 Å². The molecular formula is C18H18N2O4. The van der Waals surface area contributed by atoms with Crippen LogP contribution >= 0.6 is 0 Å². The predicted molar refractivity (Wildman–Crippen MR) is 86.7 cm³/mol. The fourth-order valence-corrected chi connectivity index (χ4v) is 3.92. The van der Waals surface area contributed by atoms with Crippen molar-refractivity contribution in [3.8, 4) is 0 Å². The minimum Gasteiger partial charge on any atom is -0.480 e. The van der Waals surface area contributed by atoms with Crippen LogP contribution in [0.25, 0.3) is 10.9 Å². The summed E-state index contributed by atoms with van der Waals surface area (Å²) in [5, 5.41) is 10.2. The molecule has 0 spiro atoms. The predicted octanol–water partition coefficient (Wildman–Crippen LogP) is 1.92. The Balaban J connectivity index is 1.66. The number of fused-ring (bicyclic) bond motifs is 2. The molecule has 3 atom stereocenters. The zero-order valence-electron chi connectivity index (χ0n) is 13.3. The van der Waals surface area contributed by atoms with Crippen molar-refractivity contribution < 1.29 is 19.5 Å². The minimum atomic E-state index is -0.933. The van der Waals surface area contributed by atoms with Gasteiger partial charge in [-0.15, -0.1) is 0 Å². The quantitative estimate of drug-likeness (QED) is 0.871. The van der Waals surface area contributed by atoms with Gasteiger partial charge in [-0.3, -0.25) is 9.59 Å². The molecule has 0 unspecified atom stereocenters. The van der Waals surface area contributed by atoms with E-state index in [1.165, 1.54) is 11.8 Å². The van der Waals surface area contributed by atoms with Gasteiger partial charge in [0.1, 0.15) is 12.6 Å². The molecule has 1 aromatic carbocycles. The monoisotopic (exact) mass is 326 g/mol. The summed E-state index contributed by atoms with van der Waals surface area (Å²) in [6.45, 7) is 1.56. The molecule has 1 saturated heterocycles. The Labute approximate surface area is 138 Å². The second-order valence-electron chi connectivity index (χ2n) is 6.70. The third kappa shape index (κ3) is 2.21. The smallest absolute Gasteiger partial charge is 0.326 e. The van der Waals surface area contributed by atoms with E-state index < -0.39 is 12.0 Å². The molecule has 1 aliphatic heterocycles. The summed E-state index contributed by atoms with van der Waals surface area (Å²) < 4.78 is 1.75. The van der Waals surface area contributed by atoms with Crippen LogP contribution in [0, 0.1) is 5.92 Å². The molecular weight excluding hydrogens is 308 g/mol. The van der Waals surface area contributed by atoms with Crippen molar-refractivity contribution >= 4 is 28.6 Å². The molecule has 1 aromatic heterocycles. The molecule has 2 fully saturated rings. The third-order valence-electron chi connectivity index (χ3n) is 5.15. The Morgan fingerprint density at radius 1 is 1.21 bits per heavy atom. The van der Waals surface area contributed by atoms with Gasteiger partial charge in [-0.1, -0.05) is 18.2 Å². The van der Waals surface area contributed by atoms with E-state index >= 15 is 0 Å². The molecule has 2 heterocycles. The number of amides is 1. The van der Waals surface area contributed by atoms with Crippen molar-refractivity contribution in [3.63, 3.8) is 0 Å². The lowest BCUT2D eigenvalue weighted by Gasteiger charge is -2.24. The largest absolute Gasteiger partial charge is 0.480 e. The number of nitrogens with zero attached hydrogens (tertiary/aromatic N) is 2. The van der Waals surface area contributed by atoms with Gasteiger partial charge in [-0.2, -0.15) is 0 Å². The fraction of sp³-hybridized carbons (Fsp3) is 0.389. The summed E-state index contributed by atoms with van der Waals surface area (Å²) in [4.78, 5) is 37.5. The number of hydrogen-bond acceptors (Lipinski definition) is 3. The highest BCUT2D eigenvalue weighted by Crippen LogP contribution is 2.48. The number of Topliss-reactive ketones (excluding diaryl/α,β-unsaturated/α-hetero) is 1. The lowest BCUT2D eigenvalue weighted by Crippen LogP contribution is -2.44. The number of likely N-dealkylation sites (tertiary alicyclic amines) is 1. The number of carbonyl (C=O) groups excluding carboxylic acids is 2. The maximum atomic E-state index is 12.7. The molecule has 24 heavy (non-hydrogen) atoms. The second-order valence-corrected chi connectivity index (χ2v) is 6.70. The van der Waals surface area contributed by atoms with E-state index in [4.69, 9.17) is 0 Å². The van der Waals surface area contributed by atoms with Gasteiger partial charge < -0.3 is 14.6 Å². The maximum absolute atomic E-state index is 12.7. The van der Waals surface area contributed by atoms with Crippen LogP contribution in [-0.4, -0.2) is 44.3 Å². The Morgan fingerprint density at radius 3 is 2.67 bits per heavy atom. The number of rotatable bonds is 4. The Morgan fingerprint density at radius 2 is 1.96 bits per heavy atom. The highest BCUT2D eigenvalue weighted by Gasteiger charge is 2.56. The van der Waals surface area contributed by atoms with Crippen LogP contribution in [0.3, 0.4) is 0 Å². The maximum Gasteiger partial charge on any atom is 0.326 e. The average molecular weight is 326 g/mol. The van der Waals surface area contributed by atoms with E-state index in [1.807, 2.05) is 24.3 Å². The molecule has 2 aromatic rings. The van der Waals surface area contributed by atoms with E-state index in [2.05, 4.69) is 0 Å². The molecule has 1 saturated carbocycles. The zero-order valence-corrected chi connectivity index (χ0v) is 13.3. The van der Waals surface area contributed by atoms with E-state index in [0.29, 0.717) is 17.9 Å². The minimum absolute atomic E-state index is 0.0516. The van der Waals surface area contributed by atoms with Crippen molar-refractivity contribution in [2.24, 2.45) is 5.92 Å². The number of benzene rings is 1. The number of ketones is 1. The first-order valence-electron chi connectivity index (χ1n) is 8.10. The molecule has 6 nitrogen and oxygen atoms in total. The first-order chi connectivity index (χ1) is 11.5. The van der Waals surface area contributed by atoms with Gasteiger partial charge in [0.25, 0.3) is 0 Å². The van der Waals surface area contributed by atoms with E-state index in [-0.39, 0.29) is 24.3 Å². The summed E-state index contributed by atoms with van der Waals surface area (Å²) in [5.74, 6) is -0.839. The van der Waals surface area contributed by atoms with Crippen molar-refractivity contribution in [1.29, 1.82) is 0 Å². The van der Waals surface area contributed by atoms with E-state index in [0.717, 1.165) is 17.3 Å². The third-order valence-corrected chi connectivity index (χ3v) is 5.15. The molecule has 1 N–H and O–H groups in total. The first-order valence-corrected chi connectivity index (χ1v) is 8.10. The standard InChI is InChI=1S/C18H18N2O4/c1-10(21)13-8-19(14-5-3-2-4-12(13)14)9-17(22)20-15-6-11(15)7-16(20)18(23)24/h2-5,8,11,15-16H,6-7,9H2,1H3,(H,23,24)/t11-,15-,16+/m1/s1. The average Bonchev–Trinajstić information content (AvgIpc) is 3.04. The zero-order chi connectivity index (χ0) is 17.0. The lowest BCUT2D eigenvalue weighted by atomic mass is 10.1. The van der Waals surface area contributed by atoms with Gasteiger partial charge >= 0.3 is 5.97 Å². The number of carboxylic acid groups (broad SMARTS) is 1. The number of aromatic nitrogens is 1. The molecule has 6 heteroatoms. The number of carboxylic acids is 1. The van der Waals surface area contributed by atoms with Crippen molar-refractivity contribution in [3.05, 3.63) is 36.0 Å². The summed E-state index contributed by atoms with van der Waals surface area (Å²) >= 11 is 0. The van der Waals surface area contributed by atoms with Crippen LogP contribution in [0.2, 0.25) is 0 Å². The van der Waals surface area contributed by atoms with Crippen LogP contribution in [0.15, 0.2) is 30.5 Å². The first kappa shape index (κ1) is 14.9. The Bertz CT molecular complexity index is 869. The highest BCUT2D eigenvalue weighted by molar-refractivity contribution is 6.07. The molecule has 1 amide bonds. The molecule has 2 aliphatic rings. The Hall–Kier alpha value is -2.63. The summed E-state index contributed by atoms with van der Waals surface area (Å²) in [6, 6.07) is 6.81. The van der Waals surface area contributed by atoms with Crippen molar-refractivity contribution in [2.75, 3.05) is 0 Å². The topological polar surface area (TPSA) is 79.6 Å². The Kier molecular flexibility index (Phi) is 3.23. The number of piperidine rings is 1. The van der Waals surface area contributed by atoms with Crippen LogP contribution in [-0.2, 0) is 16.1 Å². The van der Waals surface area contributed by atoms with Gasteiger partial charge in [-0.05, 0) is 31.7 Å². The number of hydrogen-bond donors (Lipinski definition) is 1. The van der Waals surface area contributed by atoms with Crippen LogP contribution in [0.4, 0.5) is 0 Å². The SMILES string of the molecule is CC(=O)c1cn(CC(=O)N2[C@@H]3C[C@@H]3C[C@H]2C(=O)O)c2ccccc12. The second kappa shape index (κ2) is 5.19. The fourth-order valence-electron chi connectivity index (χ4n) is 3.92. The normalized spacial score (nSPS) is 24.9. The van der Waals surface area contributed by atoms with Crippen LogP contribution in [0.1, 0.15) is 30.1 Å². The molecule has 4 rings (SSSR count). The molecule has 124 valence electrons. The summed E-state index contributed by atoms with van der Waals surface area (Å²) in [7, 11) is 0. The van der Waals surface area contributed by atoms with Crippen molar-refractivity contribution in [2.45, 2.75) is 38.4 Å². The van der Waals surface area contributed by atoms with Gasteiger partial charge in [0.05, 0.1) is 0 Å². The number of aliphatic carboxylic acids is 1. The van der Waals surface area contributed by atoms with Gasteiger partial charge in [-0.25, -0.2) is 4.79 Å². The highest BCUT2D eigenvalue weighted by atomic mass is 16.4. The molecule has 0 bridgehead atoms. The van der Waals surface area contributed by atoms with Gasteiger partial charge in [0.2, 0.25) is 5.91 Å². The summed E-state index contributed by atoms with van der Waals surface area (Å²) in [5.41, 5.74) is 1.40. The number of para-hydroxylation sites is 1.